The molecule has 0 aliphatic carbocycles. The van der Waals surface area contributed by atoms with Crippen LogP contribution in [0, 0.1) is 0 Å². The fourth-order valence-electron chi connectivity index (χ4n) is 1.25. The summed E-state index contributed by atoms with van der Waals surface area (Å²) in [5.41, 5.74) is 0.992. The van der Waals surface area contributed by atoms with E-state index in [4.69, 9.17) is 4.74 Å². The van der Waals surface area contributed by atoms with Gasteiger partial charge < -0.3 is 4.74 Å². The molecule has 0 saturated heterocycles. The van der Waals surface area contributed by atoms with Crippen molar-refractivity contribution >= 4 is 18.0 Å². The molecule has 2 rings (SSSR count). The Morgan fingerprint density at radius 1 is 1.35 bits per heavy atom. The molecule has 2 aromatic rings. The molecule has 1 aromatic carbocycles. The highest BCUT2D eigenvalue weighted by molar-refractivity contribution is 7.98. The highest BCUT2D eigenvalue weighted by atomic mass is 32.2. The molecular formula is C11H12N4OS. The van der Waals surface area contributed by atoms with Gasteiger partial charge in [-0.15, -0.1) is 10.2 Å². The predicted molar refractivity (Wildman–Crippen MR) is 67.8 cm³/mol. The number of thioether (sulfide) groups is 1. The molecule has 5 nitrogen and oxygen atoms in total. The van der Waals surface area contributed by atoms with E-state index in [1.807, 2.05) is 30.5 Å². The quantitative estimate of drug-likeness (QED) is 0.612. The second-order valence-corrected chi connectivity index (χ2v) is 3.95. The fraction of sp³-hybridized carbons (Fsp3) is 0.182. The predicted octanol–water partition coefficient (Wildman–Crippen LogP) is 1.89. The van der Waals surface area contributed by atoms with E-state index in [2.05, 4.69) is 15.3 Å². The summed E-state index contributed by atoms with van der Waals surface area (Å²) in [6, 6.07) is 7.66. The van der Waals surface area contributed by atoms with Crippen LogP contribution in [0.5, 0.6) is 5.75 Å². The second-order valence-electron chi connectivity index (χ2n) is 3.18. The first kappa shape index (κ1) is 11.7. The van der Waals surface area contributed by atoms with Gasteiger partial charge in [-0.05, 0) is 36.1 Å². The summed E-state index contributed by atoms with van der Waals surface area (Å²) in [5.74, 6) is 0.830. The van der Waals surface area contributed by atoms with Gasteiger partial charge >= 0.3 is 0 Å². The van der Waals surface area contributed by atoms with Crippen molar-refractivity contribution in [2.45, 2.75) is 5.16 Å². The maximum absolute atomic E-state index is 5.08. The van der Waals surface area contributed by atoms with Crippen molar-refractivity contribution in [3.8, 4) is 5.75 Å². The Morgan fingerprint density at radius 2 is 2.12 bits per heavy atom. The van der Waals surface area contributed by atoms with Gasteiger partial charge in [-0.2, -0.15) is 9.78 Å². The lowest BCUT2D eigenvalue weighted by Gasteiger charge is -1.99. The normalized spacial score (nSPS) is 10.9. The number of ether oxygens (including phenoxy) is 1. The molecule has 0 fully saturated rings. The van der Waals surface area contributed by atoms with E-state index >= 15 is 0 Å². The Bertz CT molecular complexity index is 506. The van der Waals surface area contributed by atoms with Crippen LogP contribution in [0.4, 0.5) is 0 Å². The highest BCUT2D eigenvalue weighted by Gasteiger charge is 1.99. The standard InChI is InChI=1S/C11H12N4OS/c1-16-10-5-3-9(4-6-10)7-13-15-8-12-14-11(15)17-2/h3-8H,1-2H3. The summed E-state index contributed by atoms with van der Waals surface area (Å²) in [6.45, 7) is 0. The maximum Gasteiger partial charge on any atom is 0.211 e. The molecule has 6 heteroatoms. The van der Waals surface area contributed by atoms with Crippen LogP contribution < -0.4 is 4.74 Å². The van der Waals surface area contributed by atoms with Gasteiger partial charge in [0, 0.05) is 0 Å². The zero-order valence-electron chi connectivity index (χ0n) is 9.57. The van der Waals surface area contributed by atoms with Crippen LogP contribution in [0.2, 0.25) is 0 Å². The smallest absolute Gasteiger partial charge is 0.211 e. The molecule has 0 aliphatic rings. The zero-order valence-corrected chi connectivity index (χ0v) is 10.4. The Labute approximate surface area is 104 Å². The first-order chi connectivity index (χ1) is 8.33. The SMILES string of the molecule is COc1ccc(C=Nn2cnnc2SC)cc1. The third-order valence-corrected chi connectivity index (χ3v) is 2.76. The minimum absolute atomic E-state index is 0.759. The van der Waals surface area contributed by atoms with Crippen molar-refractivity contribution in [1.29, 1.82) is 0 Å². The van der Waals surface area contributed by atoms with Gasteiger partial charge in [0.15, 0.2) is 0 Å². The summed E-state index contributed by atoms with van der Waals surface area (Å²) in [5, 5.41) is 12.7. The van der Waals surface area contributed by atoms with Crippen LogP contribution in [-0.4, -0.2) is 34.5 Å². The summed E-state index contributed by atoms with van der Waals surface area (Å²) < 4.78 is 6.72. The Balaban J connectivity index is 2.14. The van der Waals surface area contributed by atoms with Crippen LogP contribution in [0.25, 0.3) is 0 Å². The van der Waals surface area contributed by atoms with E-state index < -0.39 is 0 Å². The Morgan fingerprint density at radius 3 is 2.76 bits per heavy atom. The molecule has 0 atom stereocenters. The van der Waals surface area contributed by atoms with Crippen LogP contribution in [0.3, 0.4) is 0 Å². The van der Waals surface area contributed by atoms with E-state index in [0.717, 1.165) is 16.5 Å². The summed E-state index contributed by atoms with van der Waals surface area (Å²) in [4.78, 5) is 0. The molecule has 0 aliphatic heterocycles. The lowest BCUT2D eigenvalue weighted by Crippen LogP contribution is -1.91. The molecule has 0 saturated carbocycles. The molecular weight excluding hydrogens is 236 g/mol. The molecule has 1 heterocycles. The van der Waals surface area contributed by atoms with E-state index in [1.165, 1.54) is 11.8 Å². The number of hydrogen-bond acceptors (Lipinski definition) is 5. The van der Waals surface area contributed by atoms with Crippen molar-refractivity contribution in [1.82, 2.24) is 14.9 Å². The lowest BCUT2D eigenvalue weighted by molar-refractivity contribution is 0.415. The van der Waals surface area contributed by atoms with Gasteiger partial charge in [0.25, 0.3) is 0 Å². The number of aromatic nitrogens is 3. The molecule has 0 unspecified atom stereocenters. The second kappa shape index (κ2) is 5.49. The number of nitrogens with zero attached hydrogens (tertiary/aromatic N) is 4. The van der Waals surface area contributed by atoms with E-state index in [9.17, 15) is 0 Å². The van der Waals surface area contributed by atoms with Gasteiger partial charge in [-0.1, -0.05) is 11.8 Å². The molecule has 1 aromatic heterocycles. The Hall–Kier alpha value is -1.82. The largest absolute Gasteiger partial charge is 0.497 e. The molecule has 88 valence electrons. The van der Waals surface area contributed by atoms with Crippen molar-refractivity contribution in [3.63, 3.8) is 0 Å². The van der Waals surface area contributed by atoms with E-state index in [1.54, 1.807) is 24.3 Å². The topological polar surface area (TPSA) is 52.3 Å². The van der Waals surface area contributed by atoms with Crippen LogP contribution in [0.1, 0.15) is 5.56 Å². The molecule has 0 spiro atoms. The van der Waals surface area contributed by atoms with Crippen molar-refractivity contribution < 1.29 is 4.74 Å². The first-order valence-electron chi connectivity index (χ1n) is 4.96. The van der Waals surface area contributed by atoms with Crippen LogP contribution in [0.15, 0.2) is 40.9 Å². The highest BCUT2D eigenvalue weighted by Crippen LogP contribution is 2.11. The maximum atomic E-state index is 5.08. The summed E-state index contributed by atoms with van der Waals surface area (Å²) in [7, 11) is 1.64. The van der Waals surface area contributed by atoms with E-state index in [0.29, 0.717) is 0 Å². The van der Waals surface area contributed by atoms with Crippen LogP contribution >= 0.6 is 11.8 Å². The zero-order chi connectivity index (χ0) is 12.1. The van der Waals surface area contributed by atoms with Crippen molar-refractivity contribution in [2.24, 2.45) is 5.10 Å². The minimum atomic E-state index is 0.759. The molecule has 17 heavy (non-hydrogen) atoms. The minimum Gasteiger partial charge on any atom is -0.497 e. The lowest BCUT2D eigenvalue weighted by atomic mass is 10.2. The summed E-state index contributed by atoms with van der Waals surface area (Å²) in [6.07, 6.45) is 5.26. The number of methoxy groups -OCH3 is 1. The molecule has 0 radical (unpaired) electrons. The molecule has 0 N–H and O–H groups in total. The third kappa shape index (κ3) is 2.85. The van der Waals surface area contributed by atoms with Gasteiger partial charge in [0.2, 0.25) is 5.16 Å². The summed E-state index contributed by atoms with van der Waals surface area (Å²) >= 11 is 1.50. The van der Waals surface area contributed by atoms with Gasteiger partial charge in [0.05, 0.1) is 13.3 Å². The van der Waals surface area contributed by atoms with Gasteiger partial charge in [0.1, 0.15) is 12.1 Å². The van der Waals surface area contributed by atoms with Crippen molar-refractivity contribution in [2.75, 3.05) is 13.4 Å². The number of rotatable bonds is 4. The Kier molecular flexibility index (Phi) is 3.77. The molecule has 0 bridgehead atoms. The number of hydrogen-bond donors (Lipinski definition) is 0. The monoisotopic (exact) mass is 248 g/mol. The van der Waals surface area contributed by atoms with Gasteiger partial charge in [-0.25, -0.2) is 0 Å². The fourth-order valence-corrected chi connectivity index (χ4v) is 1.66. The first-order valence-corrected chi connectivity index (χ1v) is 6.18. The van der Waals surface area contributed by atoms with Crippen LogP contribution in [-0.2, 0) is 0 Å². The van der Waals surface area contributed by atoms with E-state index in [-0.39, 0.29) is 0 Å². The average molecular weight is 248 g/mol. The number of benzene rings is 1. The van der Waals surface area contributed by atoms with Gasteiger partial charge in [-0.3, -0.25) is 0 Å². The average Bonchev–Trinajstić information content (AvgIpc) is 2.84. The molecule has 0 amide bonds. The third-order valence-electron chi connectivity index (χ3n) is 2.13. The van der Waals surface area contributed by atoms with Crippen molar-refractivity contribution in [3.05, 3.63) is 36.2 Å².